The van der Waals surface area contributed by atoms with Crippen molar-refractivity contribution < 1.29 is 8.42 Å². The number of nitrogens with one attached hydrogen (secondary N) is 1. The molecule has 1 aliphatic rings. The van der Waals surface area contributed by atoms with Crippen LogP contribution in [0.4, 0.5) is 11.4 Å². The zero-order chi connectivity index (χ0) is 14.0. The Balaban J connectivity index is 1.96. The molecule has 1 aromatic carbocycles. The van der Waals surface area contributed by atoms with Crippen LogP contribution in [0.3, 0.4) is 0 Å². The molecule has 2 rings (SSSR count). The minimum Gasteiger partial charge on any atom is -0.397 e. The average Bonchev–Trinajstić information content (AvgIpc) is 2.32. The summed E-state index contributed by atoms with van der Waals surface area (Å²) in [6, 6.07) is 5.99. The van der Waals surface area contributed by atoms with E-state index in [-0.39, 0.29) is 6.04 Å². The second-order valence-electron chi connectivity index (χ2n) is 4.81. The Hall–Kier alpha value is -0.790. The van der Waals surface area contributed by atoms with E-state index < -0.39 is 10.0 Å². The van der Waals surface area contributed by atoms with Crippen LogP contribution >= 0.6 is 15.9 Å². The monoisotopic (exact) mass is 347 g/mol. The summed E-state index contributed by atoms with van der Waals surface area (Å²) in [5, 5.41) is 3.38. The lowest BCUT2D eigenvalue weighted by atomic mass is 10.1. The molecule has 0 radical (unpaired) electrons. The van der Waals surface area contributed by atoms with Crippen LogP contribution < -0.4 is 11.1 Å². The van der Waals surface area contributed by atoms with Crippen LogP contribution in [0.2, 0.25) is 0 Å². The van der Waals surface area contributed by atoms with Gasteiger partial charge in [-0.2, -0.15) is 0 Å². The van der Waals surface area contributed by atoms with Gasteiger partial charge in [0.25, 0.3) is 0 Å². The molecule has 0 spiro atoms. The number of sulfonamides is 1. The maximum Gasteiger partial charge on any atom is 0.211 e. The third kappa shape index (κ3) is 3.84. The summed E-state index contributed by atoms with van der Waals surface area (Å²) in [6.45, 7) is 1.12. The van der Waals surface area contributed by atoms with Crippen LogP contribution in [0.25, 0.3) is 0 Å². The number of nitrogens with two attached hydrogens (primary N) is 1. The summed E-state index contributed by atoms with van der Waals surface area (Å²) in [5.74, 6) is 0. The number of hydrogen-bond donors (Lipinski definition) is 2. The summed E-state index contributed by atoms with van der Waals surface area (Å²) >= 11 is 3.37. The molecule has 106 valence electrons. The fourth-order valence-electron chi connectivity index (χ4n) is 2.22. The van der Waals surface area contributed by atoms with Crippen molar-refractivity contribution in [3.8, 4) is 0 Å². The predicted molar refractivity (Wildman–Crippen MR) is 81.6 cm³/mol. The van der Waals surface area contributed by atoms with Gasteiger partial charge in [-0.3, -0.25) is 0 Å². The quantitative estimate of drug-likeness (QED) is 0.818. The Morgan fingerprint density at radius 3 is 2.53 bits per heavy atom. The van der Waals surface area contributed by atoms with E-state index in [0.29, 0.717) is 18.8 Å². The van der Waals surface area contributed by atoms with Crippen LogP contribution in [0, 0.1) is 0 Å². The van der Waals surface area contributed by atoms with Gasteiger partial charge < -0.3 is 11.1 Å². The molecule has 1 saturated heterocycles. The first kappa shape index (κ1) is 14.6. The number of halogens is 1. The van der Waals surface area contributed by atoms with E-state index in [9.17, 15) is 8.42 Å². The number of benzene rings is 1. The number of anilines is 2. The van der Waals surface area contributed by atoms with Crippen molar-refractivity contribution in [3.05, 3.63) is 22.7 Å². The van der Waals surface area contributed by atoms with Crippen molar-refractivity contribution in [2.75, 3.05) is 30.4 Å². The van der Waals surface area contributed by atoms with Crippen LogP contribution in [0.15, 0.2) is 22.7 Å². The minimum atomic E-state index is -3.06. The number of rotatable bonds is 3. The van der Waals surface area contributed by atoms with Gasteiger partial charge in [-0.25, -0.2) is 12.7 Å². The highest BCUT2D eigenvalue weighted by Crippen LogP contribution is 2.25. The van der Waals surface area contributed by atoms with Crippen molar-refractivity contribution >= 4 is 37.3 Å². The van der Waals surface area contributed by atoms with Crippen molar-refractivity contribution in [1.29, 1.82) is 0 Å². The highest BCUT2D eigenvalue weighted by Gasteiger charge is 2.24. The van der Waals surface area contributed by atoms with E-state index in [2.05, 4.69) is 21.2 Å². The SMILES string of the molecule is CS(=O)(=O)N1CCC(Nc2ccc(Br)cc2N)CC1. The second-order valence-corrected chi connectivity index (χ2v) is 7.71. The van der Waals surface area contributed by atoms with Crippen LogP contribution in [-0.2, 0) is 10.0 Å². The molecule has 0 bridgehead atoms. The molecule has 1 fully saturated rings. The Kier molecular flexibility index (Phi) is 4.37. The molecule has 3 N–H and O–H groups in total. The number of nitrogen functional groups attached to an aromatic ring is 1. The predicted octanol–water partition coefficient (Wildman–Crippen LogP) is 1.87. The van der Waals surface area contributed by atoms with Crippen LogP contribution in [0.5, 0.6) is 0 Å². The fourth-order valence-corrected chi connectivity index (χ4v) is 3.47. The molecular formula is C12H18BrN3O2S. The normalized spacial score (nSPS) is 18.4. The largest absolute Gasteiger partial charge is 0.397 e. The summed E-state index contributed by atoms with van der Waals surface area (Å²) < 4.78 is 25.3. The van der Waals surface area contributed by atoms with Gasteiger partial charge in [0.1, 0.15) is 0 Å². The van der Waals surface area contributed by atoms with Crippen molar-refractivity contribution in [2.24, 2.45) is 0 Å². The Morgan fingerprint density at radius 1 is 1.37 bits per heavy atom. The third-order valence-corrected chi connectivity index (χ3v) is 5.09. The molecule has 0 aliphatic carbocycles. The molecule has 0 unspecified atom stereocenters. The standard InChI is InChI=1S/C12H18BrN3O2S/c1-19(17,18)16-6-4-10(5-7-16)15-12-3-2-9(13)8-11(12)14/h2-3,8,10,15H,4-7,14H2,1H3. The van der Waals surface area contributed by atoms with E-state index >= 15 is 0 Å². The number of nitrogens with zero attached hydrogens (tertiary/aromatic N) is 1. The van der Waals surface area contributed by atoms with Gasteiger partial charge in [-0.15, -0.1) is 0 Å². The van der Waals surface area contributed by atoms with Crippen LogP contribution in [-0.4, -0.2) is 38.1 Å². The second kappa shape index (κ2) is 5.68. The van der Waals surface area contributed by atoms with Gasteiger partial charge in [0, 0.05) is 23.6 Å². The smallest absolute Gasteiger partial charge is 0.211 e. The summed E-state index contributed by atoms with van der Waals surface area (Å²) in [4.78, 5) is 0. The van der Waals surface area contributed by atoms with Gasteiger partial charge in [0.05, 0.1) is 17.6 Å². The zero-order valence-corrected chi connectivity index (χ0v) is 13.2. The molecule has 0 aromatic heterocycles. The Labute approximate surface area is 122 Å². The molecule has 1 aromatic rings. The lowest BCUT2D eigenvalue weighted by Crippen LogP contribution is -2.41. The van der Waals surface area contributed by atoms with Crippen molar-refractivity contribution in [1.82, 2.24) is 4.31 Å². The Bertz CT molecular complexity index is 554. The van der Waals surface area contributed by atoms with Gasteiger partial charge in [0.2, 0.25) is 10.0 Å². The van der Waals surface area contributed by atoms with Gasteiger partial charge in [-0.1, -0.05) is 15.9 Å². The molecule has 1 aliphatic heterocycles. The van der Waals surface area contributed by atoms with Gasteiger partial charge >= 0.3 is 0 Å². The summed E-state index contributed by atoms with van der Waals surface area (Å²) in [7, 11) is -3.06. The lowest BCUT2D eigenvalue weighted by Gasteiger charge is -2.31. The van der Waals surface area contributed by atoms with E-state index in [4.69, 9.17) is 5.73 Å². The van der Waals surface area contributed by atoms with E-state index in [1.165, 1.54) is 10.6 Å². The molecule has 5 nitrogen and oxygen atoms in total. The first-order valence-corrected chi connectivity index (χ1v) is 8.77. The summed E-state index contributed by atoms with van der Waals surface area (Å²) in [6.07, 6.45) is 2.85. The summed E-state index contributed by atoms with van der Waals surface area (Å²) in [5.41, 5.74) is 7.53. The molecule has 0 amide bonds. The van der Waals surface area contributed by atoms with Crippen LogP contribution in [0.1, 0.15) is 12.8 Å². The topological polar surface area (TPSA) is 75.4 Å². The maximum atomic E-state index is 11.4. The molecule has 7 heteroatoms. The highest BCUT2D eigenvalue weighted by molar-refractivity contribution is 9.10. The lowest BCUT2D eigenvalue weighted by molar-refractivity contribution is 0.332. The average molecular weight is 348 g/mol. The third-order valence-electron chi connectivity index (χ3n) is 3.30. The molecule has 19 heavy (non-hydrogen) atoms. The highest BCUT2D eigenvalue weighted by atomic mass is 79.9. The van der Waals surface area contributed by atoms with E-state index in [1.54, 1.807) is 0 Å². The molecule has 0 atom stereocenters. The van der Waals surface area contributed by atoms with Crippen molar-refractivity contribution in [3.63, 3.8) is 0 Å². The van der Waals surface area contributed by atoms with Gasteiger partial charge in [-0.05, 0) is 31.0 Å². The maximum absolute atomic E-state index is 11.4. The Morgan fingerprint density at radius 2 is 2.00 bits per heavy atom. The number of hydrogen-bond acceptors (Lipinski definition) is 4. The van der Waals surface area contributed by atoms with Gasteiger partial charge in [0.15, 0.2) is 0 Å². The first-order valence-electron chi connectivity index (χ1n) is 6.13. The molecule has 1 heterocycles. The molecule has 0 saturated carbocycles. The van der Waals surface area contributed by atoms with E-state index in [1.807, 2.05) is 18.2 Å². The number of piperidine rings is 1. The van der Waals surface area contributed by atoms with E-state index in [0.717, 1.165) is 23.0 Å². The fraction of sp³-hybridized carbons (Fsp3) is 0.500. The zero-order valence-electron chi connectivity index (χ0n) is 10.8. The van der Waals surface area contributed by atoms with Crippen molar-refractivity contribution in [2.45, 2.75) is 18.9 Å². The first-order chi connectivity index (χ1) is 8.86. The molecular weight excluding hydrogens is 330 g/mol. The minimum absolute atomic E-state index is 0.265.